The summed E-state index contributed by atoms with van der Waals surface area (Å²) in [6.45, 7) is 2.36. The smallest absolute Gasteiger partial charge is 0.259 e. The van der Waals surface area contributed by atoms with Crippen molar-refractivity contribution < 1.29 is 13.2 Å². The summed E-state index contributed by atoms with van der Waals surface area (Å²) < 4.78 is 34.4. The zero-order valence-corrected chi connectivity index (χ0v) is 13.7. The van der Waals surface area contributed by atoms with Crippen LogP contribution in [0.5, 0.6) is 0 Å². The maximum Gasteiger partial charge on any atom is 0.259 e. The van der Waals surface area contributed by atoms with Crippen LogP contribution in [0.25, 0.3) is 4.96 Å². The lowest BCUT2D eigenvalue weighted by Gasteiger charge is -2.29. The van der Waals surface area contributed by atoms with Gasteiger partial charge in [0.25, 0.3) is 10.0 Å². The lowest BCUT2D eigenvalue weighted by molar-refractivity contribution is -0.0156. The van der Waals surface area contributed by atoms with Crippen LogP contribution in [0.15, 0.2) is 16.6 Å². The van der Waals surface area contributed by atoms with Gasteiger partial charge in [-0.2, -0.15) is 0 Å². The molecule has 1 fully saturated rings. The monoisotopic (exact) mass is 350 g/mol. The lowest BCUT2D eigenvalue weighted by atomic mass is 10.3. The van der Waals surface area contributed by atoms with Gasteiger partial charge in [-0.15, -0.1) is 11.3 Å². The first-order valence-corrected chi connectivity index (χ1v) is 9.12. The molecular formula is C11H15ClN4O3S2. The van der Waals surface area contributed by atoms with Crippen molar-refractivity contribution in [2.24, 2.45) is 0 Å². The third-order valence-corrected chi connectivity index (χ3v) is 5.85. The first-order chi connectivity index (χ1) is 9.97. The Balaban J connectivity index is 1.77. The summed E-state index contributed by atoms with van der Waals surface area (Å²) in [5, 5.41) is 1.72. The number of nitrogens with one attached hydrogen (secondary N) is 1. The highest BCUT2D eigenvalue weighted by Crippen LogP contribution is 2.25. The summed E-state index contributed by atoms with van der Waals surface area (Å²) >= 11 is 7.28. The Labute approximate surface area is 131 Å². The average molecular weight is 351 g/mol. The minimum absolute atomic E-state index is 0.0176. The predicted molar refractivity (Wildman–Crippen MR) is 80.5 cm³/mol. The highest BCUT2D eigenvalue weighted by molar-refractivity contribution is 7.89. The van der Waals surface area contributed by atoms with Crippen LogP contribution in [-0.2, 0) is 14.8 Å². The van der Waals surface area contributed by atoms with Gasteiger partial charge in [-0.3, -0.25) is 4.40 Å². The zero-order chi connectivity index (χ0) is 15.0. The summed E-state index contributed by atoms with van der Waals surface area (Å²) in [7, 11) is -1.76. The zero-order valence-electron chi connectivity index (χ0n) is 11.3. The number of sulfonamides is 1. The molecule has 0 spiro atoms. The van der Waals surface area contributed by atoms with Crippen LogP contribution in [0.3, 0.4) is 0 Å². The Morgan fingerprint density at radius 3 is 3.19 bits per heavy atom. The molecule has 2 aromatic rings. The standard InChI is InChI=1S/C11H15ClN4O3S2/c1-15-2-4-19-8(7-15)6-13-21(17,18)10-9(12)14-11-16(10)3-5-20-11/h3,5,8,13H,2,4,6-7H2,1H3. The topological polar surface area (TPSA) is 75.9 Å². The van der Waals surface area contributed by atoms with E-state index >= 15 is 0 Å². The second kappa shape index (κ2) is 5.82. The molecule has 7 nitrogen and oxygen atoms in total. The number of halogens is 1. The average Bonchev–Trinajstić information content (AvgIpc) is 2.96. The van der Waals surface area contributed by atoms with Gasteiger partial charge >= 0.3 is 0 Å². The fraction of sp³-hybridized carbons (Fsp3) is 0.545. The Morgan fingerprint density at radius 2 is 2.43 bits per heavy atom. The maximum absolute atomic E-state index is 12.4. The normalized spacial score (nSPS) is 21.1. The van der Waals surface area contributed by atoms with Gasteiger partial charge in [-0.25, -0.2) is 18.1 Å². The van der Waals surface area contributed by atoms with Crippen LogP contribution in [0, 0.1) is 0 Å². The van der Waals surface area contributed by atoms with Crippen molar-refractivity contribution in [3.63, 3.8) is 0 Å². The first-order valence-electron chi connectivity index (χ1n) is 6.38. The molecule has 0 radical (unpaired) electrons. The van der Waals surface area contributed by atoms with Gasteiger partial charge in [0.2, 0.25) is 0 Å². The molecule has 116 valence electrons. The number of thiazole rings is 1. The molecule has 10 heteroatoms. The number of rotatable bonds is 4. The fourth-order valence-electron chi connectivity index (χ4n) is 2.24. The van der Waals surface area contributed by atoms with Crippen molar-refractivity contribution in [3.05, 3.63) is 16.7 Å². The molecule has 0 amide bonds. The van der Waals surface area contributed by atoms with Crippen LogP contribution in [-0.4, -0.2) is 62.1 Å². The molecule has 21 heavy (non-hydrogen) atoms. The second-order valence-corrected chi connectivity index (χ2v) is 7.78. The molecule has 1 atom stereocenters. The minimum atomic E-state index is -3.73. The van der Waals surface area contributed by atoms with E-state index in [1.807, 2.05) is 7.05 Å². The molecule has 3 rings (SSSR count). The fourth-order valence-corrected chi connectivity index (χ4v) is 4.75. The number of aromatic nitrogens is 2. The predicted octanol–water partition coefficient (Wildman–Crippen LogP) is 0.658. The third kappa shape index (κ3) is 3.08. The van der Waals surface area contributed by atoms with Gasteiger partial charge in [-0.05, 0) is 7.05 Å². The molecule has 0 bridgehead atoms. The third-order valence-electron chi connectivity index (χ3n) is 3.28. The van der Waals surface area contributed by atoms with E-state index in [0.29, 0.717) is 18.1 Å². The van der Waals surface area contributed by atoms with Crippen molar-refractivity contribution in [1.29, 1.82) is 0 Å². The van der Waals surface area contributed by atoms with E-state index in [4.69, 9.17) is 16.3 Å². The number of hydrogen-bond donors (Lipinski definition) is 1. The number of likely N-dealkylation sites (N-methyl/N-ethyl adjacent to an activating group) is 1. The Kier molecular flexibility index (Phi) is 4.21. The van der Waals surface area contributed by atoms with Crippen molar-refractivity contribution in [2.45, 2.75) is 11.1 Å². The molecule has 1 aliphatic rings. The number of morpholine rings is 1. The lowest BCUT2D eigenvalue weighted by Crippen LogP contribution is -2.46. The van der Waals surface area contributed by atoms with E-state index in [2.05, 4.69) is 14.6 Å². The van der Waals surface area contributed by atoms with E-state index in [1.165, 1.54) is 15.7 Å². The molecule has 3 heterocycles. The molecule has 0 aliphatic carbocycles. The van der Waals surface area contributed by atoms with Gasteiger partial charge in [0.05, 0.1) is 12.7 Å². The van der Waals surface area contributed by atoms with Crippen molar-refractivity contribution in [2.75, 3.05) is 33.3 Å². The molecule has 0 saturated carbocycles. The summed E-state index contributed by atoms with van der Waals surface area (Å²) in [6.07, 6.45) is 1.47. The molecule has 2 aromatic heterocycles. The molecule has 1 saturated heterocycles. The quantitative estimate of drug-likeness (QED) is 0.876. The van der Waals surface area contributed by atoms with E-state index in [1.54, 1.807) is 11.6 Å². The molecule has 1 N–H and O–H groups in total. The van der Waals surface area contributed by atoms with Gasteiger partial charge in [0.15, 0.2) is 15.1 Å². The van der Waals surface area contributed by atoms with E-state index in [9.17, 15) is 8.42 Å². The summed E-state index contributed by atoms with van der Waals surface area (Å²) in [5.41, 5.74) is 0. The molecule has 0 aromatic carbocycles. The molecule has 1 unspecified atom stereocenters. The first kappa shape index (κ1) is 15.2. The summed E-state index contributed by atoms with van der Waals surface area (Å²) in [6, 6.07) is 0. The second-order valence-electron chi connectivity index (χ2n) is 4.87. The van der Waals surface area contributed by atoms with Gasteiger partial charge in [-0.1, -0.05) is 11.6 Å². The van der Waals surface area contributed by atoms with Gasteiger partial charge in [0.1, 0.15) is 0 Å². The van der Waals surface area contributed by atoms with Gasteiger partial charge < -0.3 is 9.64 Å². The van der Waals surface area contributed by atoms with E-state index < -0.39 is 10.0 Å². The summed E-state index contributed by atoms with van der Waals surface area (Å²) in [5.74, 6) is 0. The van der Waals surface area contributed by atoms with Crippen LogP contribution in [0.1, 0.15) is 0 Å². The van der Waals surface area contributed by atoms with Crippen LogP contribution < -0.4 is 4.72 Å². The molecular weight excluding hydrogens is 336 g/mol. The van der Waals surface area contributed by atoms with Crippen molar-refractivity contribution in [1.82, 2.24) is 19.0 Å². The number of nitrogens with zero attached hydrogens (tertiary/aromatic N) is 3. The van der Waals surface area contributed by atoms with Crippen molar-refractivity contribution >= 4 is 37.9 Å². The number of fused-ring (bicyclic) bond motifs is 1. The Bertz CT molecular complexity index is 742. The maximum atomic E-state index is 12.4. The van der Waals surface area contributed by atoms with Crippen LogP contribution >= 0.6 is 22.9 Å². The Morgan fingerprint density at radius 1 is 1.62 bits per heavy atom. The SMILES string of the molecule is CN1CCOC(CNS(=O)(=O)c2c(Cl)nc3sccn23)C1. The minimum Gasteiger partial charge on any atom is -0.374 e. The van der Waals surface area contributed by atoms with E-state index in [-0.39, 0.29) is 22.8 Å². The number of imidazole rings is 1. The Hall–Kier alpha value is -0.710. The summed E-state index contributed by atoms with van der Waals surface area (Å²) in [4.78, 5) is 6.69. The van der Waals surface area contributed by atoms with Crippen LogP contribution in [0.4, 0.5) is 0 Å². The number of hydrogen-bond acceptors (Lipinski definition) is 6. The van der Waals surface area contributed by atoms with E-state index in [0.717, 1.165) is 6.54 Å². The highest BCUT2D eigenvalue weighted by Gasteiger charge is 2.27. The van der Waals surface area contributed by atoms with Crippen molar-refractivity contribution in [3.8, 4) is 0 Å². The molecule has 1 aliphatic heterocycles. The highest BCUT2D eigenvalue weighted by atomic mass is 35.5. The van der Waals surface area contributed by atoms with Gasteiger partial charge in [0, 0.05) is 31.2 Å². The number of ether oxygens (including phenoxy) is 1. The van der Waals surface area contributed by atoms with Crippen LogP contribution in [0.2, 0.25) is 5.15 Å². The largest absolute Gasteiger partial charge is 0.374 e.